The number of phenolic OH excluding ortho intramolecular Hbond substituents is 3. The molecule has 2 aromatic carbocycles. The molecule has 27 heavy (non-hydrogen) atoms. The maximum absolute atomic E-state index is 12.7. The third-order valence-electron chi connectivity index (χ3n) is 4.14. The molecule has 0 aromatic heterocycles. The van der Waals surface area contributed by atoms with Crippen molar-refractivity contribution in [3.8, 4) is 17.2 Å². The quantitative estimate of drug-likeness (QED) is 0.451. The average Bonchev–Trinajstić information content (AvgIpc) is 2.58. The molecular formula is C18H13NO8. The molecule has 1 atom stereocenters. The fourth-order valence-electron chi connectivity index (χ4n) is 2.82. The van der Waals surface area contributed by atoms with E-state index in [9.17, 15) is 34.5 Å². The second-order valence-corrected chi connectivity index (χ2v) is 6.00. The zero-order valence-electron chi connectivity index (χ0n) is 13.8. The summed E-state index contributed by atoms with van der Waals surface area (Å²) in [7, 11) is 0. The van der Waals surface area contributed by atoms with Crippen molar-refractivity contribution in [3.05, 3.63) is 52.1 Å². The molecule has 1 aliphatic rings. The molecule has 0 saturated carbocycles. The van der Waals surface area contributed by atoms with E-state index in [1.807, 2.05) is 0 Å². The minimum Gasteiger partial charge on any atom is -0.508 e. The van der Waals surface area contributed by atoms with Crippen LogP contribution in [0.15, 0.2) is 24.3 Å². The summed E-state index contributed by atoms with van der Waals surface area (Å²) in [4.78, 5) is 48.4. The van der Waals surface area contributed by atoms with Crippen LogP contribution >= 0.6 is 0 Å². The summed E-state index contributed by atoms with van der Waals surface area (Å²) < 4.78 is 0. The molecule has 0 heterocycles. The third kappa shape index (κ3) is 2.84. The van der Waals surface area contributed by atoms with Crippen molar-refractivity contribution in [3.63, 3.8) is 0 Å². The Kier molecular flexibility index (Phi) is 4.07. The third-order valence-corrected chi connectivity index (χ3v) is 4.14. The topological polar surface area (TPSA) is 161 Å². The average molecular weight is 371 g/mol. The molecule has 0 fully saturated rings. The van der Waals surface area contributed by atoms with E-state index in [2.05, 4.69) is 5.32 Å². The van der Waals surface area contributed by atoms with Gasteiger partial charge in [-0.15, -0.1) is 0 Å². The van der Waals surface area contributed by atoms with Gasteiger partial charge in [0.2, 0.25) is 5.78 Å². The van der Waals surface area contributed by atoms with Gasteiger partial charge in [-0.25, -0.2) is 0 Å². The van der Waals surface area contributed by atoms with Crippen LogP contribution in [-0.2, 0) is 4.79 Å². The van der Waals surface area contributed by atoms with E-state index in [0.29, 0.717) is 0 Å². The molecule has 0 spiro atoms. The number of rotatable bonds is 3. The smallest absolute Gasteiger partial charge is 0.325 e. The van der Waals surface area contributed by atoms with Crippen LogP contribution in [0.4, 0.5) is 0 Å². The van der Waals surface area contributed by atoms with Crippen LogP contribution in [0.1, 0.15) is 49.1 Å². The first-order valence-electron chi connectivity index (χ1n) is 7.68. The first kappa shape index (κ1) is 17.9. The number of fused-ring (bicyclic) bond motifs is 2. The first-order chi connectivity index (χ1) is 12.6. The molecule has 1 aliphatic carbocycles. The maximum Gasteiger partial charge on any atom is 0.325 e. The lowest BCUT2D eigenvalue weighted by Gasteiger charge is -2.20. The SMILES string of the molecule is C[C@H](NC(=O)c1cc(O)c2c(c1)C(=O)c1cc(O)cc(O)c1C2=O)C(=O)O. The lowest BCUT2D eigenvalue weighted by Crippen LogP contribution is -2.38. The molecule has 9 nitrogen and oxygen atoms in total. The van der Waals surface area contributed by atoms with Crippen molar-refractivity contribution >= 4 is 23.4 Å². The maximum atomic E-state index is 12.7. The number of aliphatic carboxylic acids is 1. The van der Waals surface area contributed by atoms with Gasteiger partial charge in [-0.3, -0.25) is 19.2 Å². The molecule has 0 saturated heterocycles. The number of carbonyl (C=O) groups is 4. The first-order valence-corrected chi connectivity index (χ1v) is 7.68. The normalized spacial score (nSPS) is 13.5. The van der Waals surface area contributed by atoms with Crippen molar-refractivity contribution in [2.24, 2.45) is 0 Å². The number of amides is 1. The van der Waals surface area contributed by atoms with Gasteiger partial charge in [0.25, 0.3) is 5.91 Å². The van der Waals surface area contributed by atoms with Gasteiger partial charge in [-0.1, -0.05) is 0 Å². The second-order valence-electron chi connectivity index (χ2n) is 6.00. The summed E-state index contributed by atoms with van der Waals surface area (Å²) in [5.74, 6) is -5.51. The van der Waals surface area contributed by atoms with Crippen LogP contribution in [0.5, 0.6) is 17.2 Å². The second kappa shape index (κ2) is 6.13. The molecule has 1 amide bonds. The summed E-state index contributed by atoms with van der Waals surface area (Å²) in [6.45, 7) is 1.23. The van der Waals surface area contributed by atoms with Gasteiger partial charge in [0.15, 0.2) is 5.78 Å². The monoisotopic (exact) mass is 371 g/mol. The van der Waals surface area contributed by atoms with Crippen molar-refractivity contribution < 1.29 is 39.6 Å². The van der Waals surface area contributed by atoms with E-state index in [1.165, 1.54) is 6.92 Å². The number of ketones is 2. The van der Waals surface area contributed by atoms with Gasteiger partial charge in [0.1, 0.15) is 23.3 Å². The molecular weight excluding hydrogens is 358 g/mol. The Balaban J connectivity index is 2.13. The number of hydrogen-bond donors (Lipinski definition) is 5. The standard InChI is InChI=1S/C18H13NO8/c1-6(18(26)27)19-17(25)7-2-9-13(11(21)3-7)16(24)14-10(15(9)23)4-8(20)5-12(14)22/h2-6,20-22H,1H3,(H,19,25)(H,26,27)/t6-/m0/s1. The highest BCUT2D eigenvalue weighted by Gasteiger charge is 2.35. The Hall–Kier alpha value is -3.88. The minimum atomic E-state index is -1.28. The number of phenols is 3. The number of carbonyl (C=O) groups excluding carboxylic acids is 3. The Morgan fingerprint density at radius 2 is 1.44 bits per heavy atom. The molecule has 5 N–H and O–H groups in total. The number of aromatic hydroxyl groups is 3. The van der Waals surface area contributed by atoms with Crippen LogP contribution in [-0.4, -0.2) is 49.9 Å². The number of carboxylic acid groups (broad SMARTS) is 1. The lowest BCUT2D eigenvalue weighted by molar-refractivity contribution is -0.138. The zero-order chi connectivity index (χ0) is 20.0. The predicted molar refractivity (Wildman–Crippen MR) is 89.3 cm³/mol. The van der Waals surface area contributed by atoms with Gasteiger partial charge in [0, 0.05) is 22.8 Å². The van der Waals surface area contributed by atoms with Crippen molar-refractivity contribution in [2.45, 2.75) is 13.0 Å². The van der Waals surface area contributed by atoms with E-state index in [0.717, 1.165) is 24.3 Å². The van der Waals surface area contributed by atoms with Crippen molar-refractivity contribution in [1.82, 2.24) is 5.32 Å². The lowest BCUT2D eigenvalue weighted by atomic mass is 9.82. The van der Waals surface area contributed by atoms with E-state index in [1.54, 1.807) is 0 Å². The Morgan fingerprint density at radius 3 is 2.04 bits per heavy atom. The number of hydrogen-bond acceptors (Lipinski definition) is 7. The molecule has 0 bridgehead atoms. The van der Waals surface area contributed by atoms with Gasteiger partial charge in [-0.2, -0.15) is 0 Å². The Labute approximate surface area is 151 Å². The zero-order valence-corrected chi connectivity index (χ0v) is 13.8. The van der Waals surface area contributed by atoms with Gasteiger partial charge < -0.3 is 25.7 Å². The molecule has 0 radical (unpaired) electrons. The Morgan fingerprint density at radius 1 is 0.889 bits per heavy atom. The fraction of sp³-hybridized carbons (Fsp3) is 0.111. The van der Waals surface area contributed by atoms with E-state index < -0.39 is 52.3 Å². The highest BCUT2D eigenvalue weighted by Crippen LogP contribution is 2.39. The van der Waals surface area contributed by atoms with Gasteiger partial charge in [0.05, 0.1) is 11.1 Å². The summed E-state index contributed by atoms with van der Waals surface area (Å²) in [5, 5.41) is 40.7. The van der Waals surface area contributed by atoms with Gasteiger partial charge >= 0.3 is 5.97 Å². The number of benzene rings is 2. The summed E-state index contributed by atoms with van der Waals surface area (Å²) in [6.07, 6.45) is 0. The highest BCUT2D eigenvalue weighted by molar-refractivity contribution is 6.30. The van der Waals surface area contributed by atoms with Crippen LogP contribution in [0.25, 0.3) is 0 Å². The molecule has 3 rings (SSSR count). The van der Waals surface area contributed by atoms with Crippen molar-refractivity contribution in [2.75, 3.05) is 0 Å². The van der Waals surface area contributed by atoms with Crippen molar-refractivity contribution in [1.29, 1.82) is 0 Å². The largest absolute Gasteiger partial charge is 0.508 e. The summed E-state index contributed by atoms with van der Waals surface area (Å²) in [5.41, 5.74) is -1.56. The van der Waals surface area contributed by atoms with Gasteiger partial charge in [-0.05, 0) is 25.1 Å². The van der Waals surface area contributed by atoms with Crippen LogP contribution in [0.2, 0.25) is 0 Å². The van der Waals surface area contributed by atoms with E-state index in [4.69, 9.17) is 5.11 Å². The summed E-state index contributed by atoms with van der Waals surface area (Å²) >= 11 is 0. The fourth-order valence-corrected chi connectivity index (χ4v) is 2.82. The Bertz CT molecular complexity index is 1040. The van der Waals surface area contributed by atoms with E-state index in [-0.39, 0.29) is 22.3 Å². The molecule has 9 heteroatoms. The summed E-state index contributed by atoms with van der Waals surface area (Å²) in [6, 6.07) is 2.64. The number of nitrogens with one attached hydrogen (secondary N) is 1. The highest BCUT2D eigenvalue weighted by atomic mass is 16.4. The molecule has 0 aliphatic heterocycles. The van der Waals surface area contributed by atoms with Crippen LogP contribution in [0, 0.1) is 0 Å². The van der Waals surface area contributed by atoms with Crippen LogP contribution in [0.3, 0.4) is 0 Å². The number of carboxylic acids is 1. The van der Waals surface area contributed by atoms with Crippen LogP contribution < -0.4 is 5.32 Å². The predicted octanol–water partition coefficient (Wildman–Crippen LogP) is 0.782. The molecule has 2 aromatic rings. The molecule has 138 valence electrons. The molecule has 0 unspecified atom stereocenters. The van der Waals surface area contributed by atoms with E-state index >= 15 is 0 Å². The minimum absolute atomic E-state index is 0.228.